The van der Waals surface area contributed by atoms with Crippen molar-refractivity contribution in [1.29, 1.82) is 0 Å². The van der Waals surface area contributed by atoms with E-state index in [9.17, 15) is 4.79 Å². The minimum Gasteiger partial charge on any atom is -0.379 e. The molecule has 0 aromatic carbocycles. The van der Waals surface area contributed by atoms with Crippen molar-refractivity contribution in [1.82, 2.24) is 25.1 Å². The fraction of sp³-hybridized carbons (Fsp3) is 0.684. The summed E-state index contributed by atoms with van der Waals surface area (Å²) in [4.78, 5) is 23.8. The molecular formula is C19H30N6O2. The van der Waals surface area contributed by atoms with Crippen LogP contribution in [0.5, 0.6) is 0 Å². The van der Waals surface area contributed by atoms with Crippen LogP contribution in [-0.4, -0.2) is 58.0 Å². The zero-order valence-corrected chi connectivity index (χ0v) is 16.7. The van der Waals surface area contributed by atoms with Gasteiger partial charge in [0.1, 0.15) is 5.82 Å². The quantitative estimate of drug-likeness (QED) is 0.748. The monoisotopic (exact) mass is 374 g/mol. The number of ether oxygens (including phenoxy) is 1. The highest BCUT2D eigenvalue weighted by Gasteiger charge is 2.23. The minimum absolute atomic E-state index is 0.180. The highest BCUT2D eigenvalue weighted by molar-refractivity contribution is 5.95. The number of nitrogens with zero attached hydrogens (tertiary/aromatic N) is 5. The van der Waals surface area contributed by atoms with Gasteiger partial charge in [-0.1, -0.05) is 6.92 Å². The molecule has 2 aromatic heterocycles. The van der Waals surface area contributed by atoms with E-state index in [0.717, 1.165) is 49.5 Å². The topological polar surface area (TPSA) is 85.2 Å². The summed E-state index contributed by atoms with van der Waals surface area (Å²) < 4.78 is 7.22. The van der Waals surface area contributed by atoms with E-state index in [1.54, 1.807) is 4.68 Å². The minimum atomic E-state index is -0.265. The molecule has 0 unspecified atom stereocenters. The van der Waals surface area contributed by atoms with Gasteiger partial charge in [-0.2, -0.15) is 5.10 Å². The molecule has 0 saturated carbocycles. The lowest BCUT2D eigenvalue weighted by Crippen LogP contribution is -2.34. The van der Waals surface area contributed by atoms with E-state index < -0.39 is 0 Å². The zero-order chi connectivity index (χ0) is 19.4. The van der Waals surface area contributed by atoms with Crippen molar-refractivity contribution < 1.29 is 9.53 Å². The molecule has 0 atom stereocenters. The average Bonchev–Trinajstić information content (AvgIpc) is 3.01. The molecule has 8 nitrogen and oxygen atoms in total. The normalized spacial score (nSPS) is 15.7. The number of amides is 1. The summed E-state index contributed by atoms with van der Waals surface area (Å²) in [6.07, 6.45) is 5.14. The molecule has 1 amide bonds. The van der Waals surface area contributed by atoms with E-state index >= 15 is 0 Å². The van der Waals surface area contributed by atoms with Gasteiger partial charge in [0.15, 0.2) is 5.65 Å². The number of anilines is 1. The predicted octanol–water partition coefficient (Wildman–Crippen LogP) is 2.14. The first-order chi connectivity index (χ1) is 12.9. The Bertz CT molecular complexity index is 780. The second kappa shape index (κ2) is 8.65. The van der Waals surface area contributed by atoms with Crippen LogP contribution in [0, 0.1) is 5.92 Å². The van der Waals surface area contributed by atoms with Gasteiger partial charge >= 0.3 is 0 Å². The van der Waals surface area contributed by atoms with Crippen molar-refractivity contribution in [2.45, 2.75) is 46.1 Å². The molecule has 1 saturated heterocycles. The Morgan fingerprint density at radius 2 is 2.07 bits per heavy atom. The van der Waals surface area contributed by atoms with Crippen molar-refractivity contribution in [2.75, 3.05) is 31.1 Å². The van der Waals surface area contributed by atoms with Gasteiger partial charge in [0.05, 0.1) is 11.5 Å². The van der Waals surface area contributed by atoms with Crippen LogP contribution in [0.15, 0.2) is 6.20 Å². The van der Waals surface area contributed by atoms with Crippen molar-refractivity contribution >= 4 is 22.8 Å². The van der Waals surface area contributed by atoms with Crippen LogP contribution < -0.4 is 10.2 Å². The molecule has 8 heteroatoms. The van der Waals surface area contributed by atoms with Crippen molar-refractivity contribution in [3.63, 3.8) is 0 Å². The van der Waals surface area contributed by atoms with Crippen molar-refractivity contribution in [3.05, 3.63) is 12.0 Å². The van der Waals surface area contributed by atoms with E-state index in [0.29, 0.717) is 18.8 Å². The van der Waals surface area contributed by atoms with Gasteiger partial charge in [0.25, 0.3) is 5.91 Å². The maximum absolute atomic E-state index is 12.5. The lowest BCUT2D eigenvalue weighted by Gasteiger charge is -2.31. The number of nitrogens with one attached hydrogen (secondary N) is 1. The maximum Gasteiger partial charge on any atom is 0.289 e. The Balaban J connectivity index is 1.74. The number of fused-ring (bicyclic) bond motifs is 1. The van der Waals surface area contributed by atoms with Crippen LogP contribution in [-0.2, 0) is 11.8 Å². The molecule has 2 aromatic rings. The molecule has 27 heavy (non-hydrogen) atoms. The van der Waals surface area contributed by atoms with Gasteiger partial charge in [-0.15, -0.1) is 0 Å². The first-order valence-corrected chi connectivity index (χ1v) is 9.80. The van der Waals surface area contributed by atoms with Gasteiger partial charge in [-0.25, -0.2) is 9.97 Å². The summed E-state index contributed by atoms with van der Waals surface area (Å²) in [6.45, 7) is 9.31. The second-order valence-corrected chi connectivity index (χ2v) is 7.61. The molecule has 3 rings (SSSR count). The van der Waals surface area contributed by atoms with E-state index in [1.807, 2.05) is 27.1 Å². The SMILES string of the molecule is CC1CCN(c2nc(C(=O)NCCCOC(C)C)nc3nn(C)cc23)CC1. The Hall–Kier alpha value is -2.22. The molecule has 1 N–H and O–H groups in total. The van der Waals surface area contributed by atoms with Crippen LogP contribution in [0.4, 0.5) is 5.82 Å². The number of carbonyl (C=O) groups is 1. The molecule has 1 aliphatic rings. The van der Waals surface area contributed by atoms with Crippen LogP contribution in [0.3, 0.4) is 0 Å². The van der Waals surface area contributed by atoms with Crippen LogP contribution in [0.25, 0.3) is 11.0 Å². The molecular weight excluding hydrogens is 344 g/mol. The fourth-order valence-corrected chi connectivity index (χ4v) is 3.24. The van der Waals surface area contributed by atoms with Gasteiger partial charge in [-0.3, -0.25) is 9.48 Å². The third kappa shape index (κ3) is 4.94. The highest BCUT2D eigenvalue weighted by atomic mass is 16.5. The Labute approximate surface area is 160 Å². The Kier molecular flexibility index (Phi) is 6.26. The third-order valence-electron chi connectivity index (χ3n) is 4.82. The maximum atomic E-state index is 12.5. The number of hydrogen-bond donors (Lipinski definition) is 1. The summed E-state index contributed by atoms with van der Waals surface area (Å²) in [5.74, 6) is 1.45. The number of carbonyl (C=O) groups excluding carboxylic acids is 1. The summed E-state index contributed by atoms with van der Waals surface area (Å²) in [5.41, 5.74) is 0.564. The molecule has 0 radical (unpaired) electrons. The number of aromatic nitrogens is 4. The molecule has 1 aliphatic heterocycles. The van der Waals surface area contributed by atoms with E-state index in [2.05, 4.69) is 32.2 Å². The summed E-state index contributed by atoms with van der Waals surface area (Å²) in [6, 6.07) is 0. The Morgan fingerprint density at radius 1 is 1.33 bits per heavy atom. The van der Waals surface area contributed by atoms with E-state index in [4.69, 9.17) is 4.74 Å². The fourth-order valence-electron chi connectivity index (χ4n) is 3.24. The number of hydrogen-bond acceptors (Lipinski definition) is 6. The molecule has 1 fully saturated rings. The standard InChI is InChI=1S/C19H30N6O2/c1-13(2)27-11-5-8-20-19(26)17-21-16-15(12-24(4)23-16)18(22-17)25-9-6-14(3)7-10-25/h12-14H,5-11H2,1-4H3,(H,20,26). The summed E-state index contributed by atoms with van der Waals surface area (Å²) >= 11 is 0. The van der Waals surface area contributed by atoms with Crippen molar-refractivity contribution in [3.8, 4) is 0 Å². The second-order valence-electron chi connectivity index (χ2n) is 7.61. The van der Waals surface area contributed by atoms with Crippen molar-refractivity contribution in [2.24, 2.45) is 13.0 Å². The lowest BCUT2D eigenvalue weighted by atomic mass is 9.99. The third-order valence-corrected chi connectivity index (χ3v) is 4.82. The predicted molar refractivity (Wildman–Crippen MR) is 105 cm³/mol. The Morgan fingerprint density at radius 3 is 2.78 bits per heavy atom. The molecule has 3 heterocycles. The molecule has 0 spiro atoms. The largest absolute Gasteiger partial charge is 0.379 e. The van der Waals surface area contributed by atoms with Crippen LogP contribution in [0.2, 0.25) is 0 Å². The van der Waals surface area contributed by atoms with Gasteiger partial charge < -0.3 is 15.0 Å². The van der Waals surface area contributed by atoms with E-state index in [1.165, 1.54) is 0 Å². The van der Waals surface area contributed by atoms with Gasteiger partial charge in [-0.05, 0) is 39.0 Å². The van der Waals surface area contributed by atoms with E-state index in [-0.39, 0.29) is 17.8 Å². The number of rotatable bonds is 7. The first kappa shape index (κ1) is 19.5. The average molecular weight is 374 g/mol. The zero-order valence-electron chi connectivity index (χ0n) is 16.7. The lowest BCUT2D eigenvalue weighted by molar-refractivity contribution is 0.0756. The smallest absolute Gasteiger partial charge is 0.289 e. The first-order valence-electron chi connectivity index (χ1n) is 9.80. The number of piperidine rings is 1. The molecule has 0 aliphatic carbocycles. The number of aryl methyl sites for hydroxylation is 1. The highest BCUT2D eigenvalue weighted by Crippen LogP contribution is 2.27. The van der Waals surface area contributed by atoms with Crippen LogP contribution >= 0.6 is 0 Å². The van der Waals surface area contributed by atoms with Crippen LogP contribution in [0.1, 0.15) is 50.7 Å². The molecule has 148 valence electrons. The van der Waals surface area contributed by atoms with Gasteiger partial charge in [0.2, 0.25) is 5.82 Å². The molecule has 0 bridgehead atoms. The summed E-state index contributed by atoms with van der Waals surface area (Å²) in [5, 5.41) is 8.18. The summed E-state index contributed by atoms with van der Waals surface area (Å²) in [7, 11) is 1.86. The van der Waals surface area contributed by atoms with Gasteiger partial charge in [0, 0.05) is 39.5 Å².